The third-order valence-corrected chi connectivity index (χ3v) is 4.70. The number of nitrogens with zero attached hydrogens (tertiary/aromatic N) is 2. The van der Waals surface area contributed by atoms with Crippen molar-refractivity contribution in [1.29, 1.82) is 0 Å². The zero-order valence-corrected chi connectivity index (χ0v) is 15.2. The first-order chi connectivity index (χ1) is 13.6. The number of hydrogen-bond donors (Lipinski definition) is 2. The van der Waals surface area contributed by atoms with Gasteiger partial charge in [0.25, 0.3) is 11.8 Å². The van der Waals surface area contributed by atoms with Gasteiger partial charge in [-0.15, -0.1) is 16.4 Å². The summed E-state index contributed by atoms with van der Waals surface area (Å²) >= 11 is 1.39. The Morgan fingerprint density at radius 2 is 2.04 bits per heavy atom. The fourth-order valence-electron chi connectivity index (χ4n) is 2.45. The Bertz CT molecular complexity index is 1070. The van der Waals surface area contributed by atoms with Gasteiger partial charge in [0, 0.05) is 12.0 Å². The summed E-state index contributed by atoms with van der Waals surface area (Å²) in [6, 6.07) is 8.27. The molecule has 0 unspecified atom stereocenters. The average molecular weight is 402 g/mol. The molecule has 11 heteroatoms. The molecule has 4 rings (SSSR count). The number of fused-ring (bicyclic) bond motifs is 1. The van der Waals surface area contributed by atoms with Gasteiger partial charge >= 0.3 is 5.76 Å². The molecule has 3 aromatic rings. The summed E-state index contributed by atoms with van der Waals surface area (Å²) in [5.74, 6) is -0.421. The van der Waals surface area contributed by atoms with E-state index in [2.05, 4.69) is 16.0 Å². The number of rotatable bonds is 5. The van der Waals surface area contributed by atoms with Crippen LogP contribution in [0.4, 0.5) is 0 Å². The quantitative estimate of drug-likeness (QED) is 0.613. The molecule has 10 nitrogen and oxygen atoms in total. The second-order valence-corrected chi connectivity index (χ2v) is 6.64. The Hall–Kier alpha value is -3.60. The van der Waals surface area contributed by atoms with Gasteiger partial charge in [0.2, 0.25) is 12.7 Å². The standard InChI is InChI=1S/C17H14N4O6S/c22-14(5-6-21-17(24)27-16(20-21)13-2-1-7-28-13)18-19-15(23)10-3-4-11-12(8-10)26-9-25-11/h1-4,7-8H,5-6,9H2,(H,18,22)(H,19,23). The van der Waals surface area contributed by atoms with E-state index >= 15 is 0 Å². The van der Waals surface area contributed by atoms with Crippen molar-refractivity contribution >= 4 is 23.2 Å². The molecule has 1 aliphatic heterocycles. The third kappa shape index (κ3) is 3.74. The first-order valence-corrected chi connectivity index (χ1v) is 9.09. The van der Waals surface area contributed by atoms with Crippen molar-refractivity contribution < 1.29 is 23.5 Å². The summed E-state index contributed by atoms with van der Waals surface area (Å²) in [5.41, 5.74) is 4.90. The molecule has 0 spiro atoms. The lowest BCUT2D eigenvalue weighted by Gasteiger charge is -2.07. The Balaban J connectivity index is 1.29. The predicted molar refractivity (Wildman–Crippen MR) is 96.9 cm³/mol. The van der Waals surface area contributed by atoms with Gasteiger partial charge in [-0.2, -0.15) is 4.68 Å². The van der Waals surface area contributed by atoms with E-state index < -0.39 is 17.6 Å². The number of benzene rings is 1. The molecular weight excluding hydrogens is 388 g/mol. The number of thiophene rings is 1. The Labute approximate surface area is 161 Å². The summed E-state index contributed by atoms with van der Waals surface area (Å²) in [6.45, 7) is 0.117. The summed E-state index contributed by atoms with van der Waals surface area (Å²) in [7, 11) is 0. The monoisotopic (exact) mass is 402 g/mol. The normalized spacial score (nSPS) is 12.0. The van der Waals surface area contributed by atoms with Crippen LogP contribution in [0.5, 0.6) is 11.5 Å². The van der Waals surface area contributed by atoms with Crippen LogP contribution >= 0.6 is 11.3 Å². The molecular formula is C17H14N4O6S. The van der Waals surface area contributed by atoms with Crippen molar-refractivity contribution in [3.8, 4) is 22.3 Å². The maximum atomic E-state index is 12.1. The smallest absolute Gasteiger partial charge is 0.437 e. The molecule has 3 heterocycles. The fraction of sp³-hybridized carbons (Fsp3) is 0.176. The van der Waals surface area contributed by atoms with Crippen molar-refractivity contribution in [1.82, 2.24) is 20.6 Å². The zero-order valence-electron chi connectivity index (χ0n) is 14.3. The second-order valence-electron chi connectivity index (χ2n) is 5.69. The number of aryl methyl sites for hydroxylation is 1. The number of aromatic nitrogens is 2. The van der Waals surface area contributed by atoms with Crippen molar-refractivity contribution in [2.24, 2.45) is 0 Å². The third-order valence-electron chi connectivity index (χ3n) is 3.84. The molecule has 2 aromatic heterocycles. The average Bonchev–Trinajstić information content (AvgIpc) is 3.44. The molecule has 144 valence electrons. The van der Waals surface area contributed by atoms with E-state index in [1.54, 1.807) is 18.2 Å². The number of nitrogens with one attached hydrogen (secondary N) is 2. The molecule has 2 amide bonds. The van der Waals surface area contributed by atoms with Crippen LogP contribution in [0, 0.1) is 0 Å². The molecule has 0 radical (unpaired) electrons. The van der Waals surface area contributed by atoms with Crippen LogP contribution in [0.3, 0.4) is 0 Å². The minimum absolute atomic E-state index is 0.0133. The van der Waals surface area contributed by atoms with E-state index in [9.17, 15) is 14.4 Å². The van der Waals surface area contributed by atoms with Crippen LogP contribution in [-0.4, -0.2) is 28.4 Å². The van der Waals surface area contributed by atoms with Crippen molar-refractivity contribution in [2.45, 2.75) is 13.0 Å². The van der Waals surface area contributed by atoms with Gasteiger partial charge in [0.05, 0.1) is 11.4 Å². The van der Waals surface area contributed by atoms with Gasteiger partial charge in [0.1, 0.15) is 0 Å². The van der Waals surface area contributed by atoms with E-state index in [0.29, 0.717) is 17.1 Å². The SMILES string of the molecule is O=C(CCn1nc(-c2cccs2)oc1=O)NNC(=O)c1ccc2c(c1)OCO2. The molecule has 0 aliphatic carbocycles. The molecule has 2 N–H and O–H groups in total. The van der Waals surface area contributed by atoms with Crippen molar-refractivity contribution in [2.75, 3.05) is 6.79 Å². The first kappa shape index (κ1) is 17.8. The van der Waals surface area contributed by atoms with Gasteiger partial charge in [-0.1, -0.05) is 6.07 Å². The molecule has 0 atom stereocenters. The topological polar surface area (TPSA) is 125 Å². The van der Waals surface area contributed by atoms with Crippen molar-refractivity contribution in [3.05, 3.63) is 51.8 Å². The molecule has 0 saturated heterocycles. The minimum Gasteiger partial charge on any atom is -0.454 e. The Morgan fingerprint density at radius 1 is 1.18 bits per heavy atom. The highest BCUT2D eigenvalue weighted by molar-refractivity contribution is 7.13. The number of carbonyl (C=O) groups excluding carboxylic acids is 2. The van der Waals surface area contributed by atoms with E-state index in [1.165, 1.54) is 17.4 Å². The summed E-state index contributed by atoms with van der Waals surface area (Å²) < 4.78 is 16.5. The number of hydrogen-bond acceptors (Lipinski definition) is 8. The zero-order chi connectivity index (χ0) is 19.5. The molecule has 0 saturated carbocycles. The minimum atomic E-state index is -0.652. The fourth-order valence-corrected chi connectivity index (χ4v) is 3.10. The number of amides is 2. The van der Waals surface area contributed by atoms with Gasteiger partial charge in [0.15, 0.2) is 11.5 Å². The van der Waals surface area contributed by atoms with Crippen LogP contribution in [0.2, 0.25) is 0 Å². The Morgan fingerprint density at radius 3 is 2.86 bits per heavy atom. The maximum Gasteiger partial charge on any atom is 0.437 e. The summed E-state index contributed by atoms with van der Waals surface area (Å²) in [6.07, 6.45) is -0.0717. The van der Waals surface area contributed by atoms with E-state index in [4.69, 9.17) is 13.9 Å². The molecule has 0 bridgehead atoms. The van der Waals surface area contributed by atoms with Crippen molar-refractivity contribution in [3.63, 3.8) is 0 Å². The second kappa shape index (κ2) is 7.56. The first-order valence-electron chi connectivity index (χ1n) is 8.21. The highest BCUT2D eigenvalue weighted by atomic mass is 32.1. The lowest BCUT2D eigenvalue weighted by atomic mass is 10.2. The van der Waals surface area contributed by atoms with E-state index in [-0.39, 0.29) is 25.6 Å². The van der Waals surface area contributed by atoms with E-state index in [0.717, 1.165) is 9.56 Å². The van der Waals surface area contributed by atoms with Crippen LogP contribution < -0.4 is 26.1 Å². The van der Waals surface area contributed by atoms with Crippen LogP contribution in [0.15, 0.2) is 44.9 Å². The predicted octanol–water partition coefficient (Wildman–Crippen LogP) is 1.14. The summed E-state index contributed by atoms with van der Waals surface area (Å²) in [4.78, 5) is 36.6. The maximum absolute atomic E-state index is 12.1. The summed E-state index contributed by atoms with van der Waals surface area (Å²) in [5, 5.41) is 5.89. The molecule has 1 aromatic carbocycles. The van der Waals surface area contributed by atoms with Gasteiger partial charge < -0.3 is 13.9 Å². The Kier molecular flexibility index (Phi) is 4.81. The highest BCUT2D eigenvalue weighted by Crippen LogP contribution is 2.32. The lowest BCUT2D eigenvalue weighted by Crippen LogP contribution is -2.42. The van der Waals surface area contributed by atoms with Gasteiger partial charge in [-0.3, -0.25) is 20.4 Å². The number of hydrazine groups is 1. The van der Waals surface area contributed by atoms with Gasteiger partial charge in [-0.05, 0) is 29.6 Å². The molecule has 1 aliphatic rings. The van der Waals surface area contributed by atoms with E-state index in [1.807, 2.05) is 11.4 Å². The molecule has 28 heavy (non-hydrogen) atoms. The van der Waals surface area contributed by atoms with Crippen LogP contribution in [-0.2, 0) is 11.3 Å². The largest absolute Gasteiger partial charge is 0.454 e. The number of ether oxygens (including phenoxy) is 2. The molecule has 0 fully saturated rings. The van der Waals surface area contributed by atoms with Gasteiger partial charge in [-0.25, -0.2) is 4.79 Å². The number of carbonyl (C=O) groups is 2. The highest BCUT2D eigenvalue weighted by Gasteiger charge is 2.17. The van der Waals surface area contributed by atoms with Crippen LogP contribution in [0.25, 0.3) is 10.8 Å². The van der Waals surface area contributed by atoms with Crippen LogP contribution in [0.1, 0.15) is 16.8 Å². The lowest BCUT2D eigenvalue weighted by molar-refractivity contribution is -0.122.